The fraction of sp³-hybridized carbons (Fsp3) is 0.321. The number of ether oxygens (including phenoxy) is 4. The zero-order chi connectivity index (χ0) is 27.1. The minimum atomic E-state index is -0.821. The Balaban J connectivity index is 1.90. The van der Waals surface area contributed by atoms with Gasteiger partial charge in [-0.05, 0) is 63.4 Å². The van der Waals surface area contributed by atoms with Gasteiger partial charge in [0, 0.05) is 5.69 Å². The molecule has 9 heteroatoms. The molecular weight excluding hydrogens is 474 g/mol. The highest BCUT2D eigenvalue weighted by Gasteiger charge is 2.36. The number of allylic oxidation sites excluding steroid dienone is 2. The Kier molecular flexibility index (Phi) is 8.80. The van der Waals surface area contributed by atoms with E-state index in [9.17, 15) is 14.9 Å². The first-order valence-electron chi connectivity index (χ1n) is 11.9. The predicted octanol–water partition coefficient (Wildman–Crippen LogP) is 4.36. The summed E-state index contributed by atoms with van der Waals surface area (Å²) in [7, 11) is 0. The van der Waals surface area contributed by atoms with Crippen LogP contribution in [0.2, 0.25) is 0 Å². The summed E-state index contributed by atoms with van der Waals surface area (Å²) in [6.45, 7) is 9.18. The maximum atomic E-state index is 12.8. The van der Waals surface area contributed by atoms with Crippen LogP contribution in [0.25, 0.3) is 0 Å². The van der Waals surface area contributed by atoms with E-state index < -0.39 is 11.9 Å². The lowest BCUT2D eigenvalue weighted by atomic mass is 9.83. The number of amides is 1. The molecule has 0 radical (unpaired) electrons. The zero-order valence-electron chi connectivity index (χ0n) is 21.6. The van der Waals surface area contributed by atoms with Crippen molar-refractivity contribution in [3.8, 4) is 17.6 Å². The highest BCUT2D eigenvalue weighted by atomic mass is 16.5. The van der Waals surface area contributed by atoms with E-state index in [1.807, 2.05) is 39.0 Å². The van der Waals surface area contributed by atoms with Gasteiger partial charge in [-0.25, -0.2) is 4.79 Å². The Morgan fingerprint density at radius 3 is 2.38 bits per heavy atom. The van der Waals surface area contributed by atoms with Crippen LogP contribution < -0.4 is 20.5 Å². The number of nitrogens with one attached hydrogen (secondary N) is 1. The van der Waals surface area contributed by atoms with Crippen LogP contribution in [-0.4, -0.2) is 31.7 Å². The first-order valence-corrected chi connectivity index (χ1v) is 11.9. The average molecular weight is 506 g/mol. The van der Waals surface area contributed by atoms with E-state index in [0.717, 1.165) is 16.8 Å². The van der Waals surface area contributed by atoms with Crippen LogP contribution in [0.15, 0.2) is 59.2 Å². The lowest BCUT2D eigenvalue weighted by Crippen LogP contribution is -2.25. The molecule has 3 N–H and O–H groups in total. The number of benzene rings is 2. The minimum absolute atomic E-state index is 0.0812. The first kappa shape index (κ1) is 27.1. The number of carbonyl (C=O) groups is 2. The Labute approximate surface area is 216 Å². The van der Waals surface area contributed by atoms with Gasteiger partial charge in [-0.2, -0.15) is 5.26 Å². The molecule has 1 unspecified atom stereocenters. The van der Waals surface area contributed by atoms with Crippen LogP contribution in [-0.2, 0) is 19.1 Å². The van der Waals surface area contributed by atoms with E-state index in [-0.39, 0.29) is 41.9 Å². The number of nitrogens with two attached hydrogens (primary N) is 1. The largest absolute Gasteiger partial charge is 0.490 e. The van der Waals surface area contributed by atoms with Gasteiger partial charge in [-0.1, -0.05) is 24.3 Å². The fourth-order valence-corrected chi connectivity index (χ4v) is 4.11. The van der Waals surface area contributed by atoms with Crippen molar-refractivity contribution in [1.82, 2.24) is 0 Å². The maximum Gasteiger partial charge on any atom is 0.338 e. The number of para-hydroxylation sites is 1. The Morgan fingerprint density at radius 2 is 1.76 bits per heavy atom. The molecule has 0 saturated carbocycles. The summed E-state index contributed by atoms with van der Waals surface area (Å²) in [6, 6.07) is 12.8. The summed E-state index contributed by atoms with van der Waals surface area (Å²) in [5.41, 5.74) is 9.45. The summed E-state index contributed by atoms with van der Waals surface area (Å²) in [6.07, 6.45) is 0. The molecule has 1 aliphatic rings. The van der Waals surface area contributed by atoms with E-state index >= 15 is 0 Å². The van der Waals surface area contributed by atoms with Gasteiger partial charge in [-0.3, -0.25) is 4.79 Å². The molecule has 0 aromatic heterocycles. The van der Waals surface area contributed by atoms with E-state index in [4.69, 9.17) is 24.7 Å². The van der Waals surface area contributed by atoms with E-state index in [2.05, 4.69) is 11.4 Å². The van der Waals surface area contributed by atoms with E-state index in [1.165, 1.54) is 0 Å². The quantitative estimate of drug-likeness (QED) is 0.480. The number of rotatable bonds is 9. The minimum Gasteiger partial charge on any atom is -0.490 e. The molecular formula is C28H31N3O6. The smallest absolute Gasteiger partial charge is 0.338 e. The van der Waals surface area contributed by atoms with Gasteiger partial charge in [0.05, 0.1) is 24.7 Å². The summed E-state index contributed by atoms with van der Waals surface area (Å²) in [5.74, 6) is -0.892. The zero-order valence-corrected chi connectivity index (χ0v) is 21.6. The SMILES string of the molecule is CCOC(=O)C1=C(C)OC(N)=C(C#N)C1c1ccc(OCC(=O)Nc2c(C)cccc2C)c(OCC)c1. The van der Waals surface area contributed by atoms with Gasteiger partial charge < -0.3 is 30.0 Å². The number of carbonyl (C=O) groups excluding carboxylic acids is 2. The molecule has 194 valence electrons. The predicted molar refractivity (Wildman–Crippen MR) is 138 cm³/mol. The van der Waals surface area contributed by atoms with Crippen LogP contribution in [0.3, 0.4) is 0 Å². The third-order valence-electron chi connectivity index (χ3n) is 5.81. The Morgan fingerprint density at radius 1 is 1.05 bits per heavy atom. The van der Waals surface area contributed by atoms with Crippen LogP contribution >= 0.6 is 0 Å². The van der Waals surface area contributed by atoms with Crippen molar-refractivity contribution in [3.05, 3.63) is 75.9 Å². The van der Waals surface area contributed by atoms with Crippen molar-refractivity contribution in [1.29, 1.82) is 5.26 Å². The molecule has 2 aromatic carbocycles. The van der Waals surface area contributed by atoms with Crippen molar-refractivity contribution >= 4 is 17.6 Å². The van der Waals surface area contributed by atoms with E-state index in [0.29, 0.717) is 23.7 Å². The highest BCUT2D eigenvalue weighted by Crippen LogP contribution is 2.42. The van der Waals surface area contributed by atoms with Gasteiger partial charge in [0.1, 0.15) is 17.4 Å². The molecule has 1 atom stereocenters. The molecule has 0 aliphatic carbocycles. The van der Waals surface area contributed by atoms with Gasteiger partial charge in [0.15, 0.2) is 18.1 Å². The molecule has 0 bridgehead atoms. The topological polar surface area (TPSA) is 133 Å². The van der Waals surface area contributed by atoms with Crippen LogP contribution in [0.1, 0.15) is 43.4 Å². The van der Waals surface area contributed by atoms with Crippen molar-refractivity contribution < 1.29 is 28.5 Å². The summed E-state index contributed by atoms with van der Waals surface area (Å²) >= 11 is 0. The number of hydrogen-bond donors (Lipinski definition) is 2. The van der Waals surface area contributed by atoms with Crippen molar-refractivity contribution in [2.24, 2.45) is 5.73 Å². The van der Waals surface area contributed by atoms with Gasteiger partial charge in [-0.15, -0.1) is 0 Å². The number of nitriles is 1. The maximum absolute atomic E-state index is 12.8. The second kappa shape index (κ2) is 12.0. The fourth-order valence-electron chi connectivity index (χ4n) is 4.11. The lowest BCUT2D eigenvalue weighted by Gasteiger charge is -2.27. The molecule has 37 heavy (non-hydrogen) atoms. The number of anilines is 1. The lowest BCUT2D eigenvalue weighted by molar-refractivity contribution is -0.139. The van der Waals surface area contributed by atoms with Crippen LogP contribution in [0.5, 0.6) is 11.5 Å². The normalized spacial score (nSPS) is 15.0. The Bertz CT molecular complexity index is 1290. The van der Waals surface area contributed by atoms with Gasteiger partial charge in [0.2, 0.25) is 5.88 Å². The third kappa shape index (κ3) is 6.04. The number of nitrogens with zero attached hydrogens (tertiary/aromatic N) is 1. The summed E-state index contributed by atoms with van der Waals surface area (Å²) < 4.78 is 22.2. The second-order valence-electron chi connectivity index (χ2n) is 8.36. The second-order valence-corrected chi connectivity index (χ2v) is 8.36. The number of hydrogen-bond acceptors (Lipinski definition) is 8. The number of esters is 1. The van der Waals surface area contributed by atoms with Gasteiger partial charge in [0.25, 0.3) is 5.91 Å². The van der Waals surface area contributed by atoms with Gasteiger partial charge >= 0.3 is 5.97 Å². The van der Waals surface area contributed by atoms with Crippen molar-refractivity contribution in [2.75, 3.05) is 25.1 Å². The molecule has 0 saturated heterocycles. The summed E-state index contributed by atoms with van der Waals surface area (Å²) in [5, 5.41) is 12.7. The molecule has 1 aliphatic heterocycles. The van der Waals surface area contributed by atoms with Crippen LogP contribution in [0, 0.1) is 25.2 Å². The molecule has 1 amide bonds. The average Bonchev–Trinajstić information content (AvgIpc) is 2.85. The van der Waals surface area contributed by atoms with Crippen molar-refractivity contribution in [2.45, 2.75) is 40.5 Å². The molecule has 0 spiro atoms. The van der Waals surface area contributed by atoms with E-state index in [1.54, 1.807) is 32.0 Å². The molecule has 0 fully saturated rings. The monoisotopic (exact) mass is 505 g/mol. The molecule has 2 aromatic rings. The molecule has 9 nitrogen and oxygen atoms in total. The molecule has 1 heterocycles. The van der Waals surface area contributed by atoms with Crippen molar-refractivity contribution in [3.63, 3.8) is 0 Å². The van der Waals surface area contributed by atoms with Crippen LogP contribution in [0.4, 0.5) is 5.69 Å². The first-order chi connectivity index (χ1) is 17.7. The number of aryl methyl sites for hydroxylation is 2. The highest BCUT2D eigenvalue weighted by molar-refractivity contribution is 5.94. The molecule has 3 rings (SSSR count). The summed E-state index contributed by atoms with van der Waals surface area (Å²) in [4.78, 5) is 25.4. The Hall–Kier alpha value is -4.45. The standard InChI is InChI=1S/C28H31N3O6/c1-6-34-22-13-19(25-20(14-29)27(30)37-18(5)24(25)28(33)35-7-2)11-12-21(22)36-15-23(32)31-26-16(3)9-8-10-17(26)4/h8-13,25H,6-7,15,30H2,1-5H3,(H,31,32). The third-order valence-corrected chi connectivity index (χ3v) is 5.81.